The third-order valence-electron chi connectivity index (χ3n) is 3.90. The van der Waals surface area contributed by atoms with Crippen LogP contribution in [0.2, 0.25) is 0 Å². The fourth-order valence-corrected chi connectivity index (χ4v) is 5.16. The lowest BCUT2D eigenvalue weighted by Crippen LogP contribution is -2.40. The lowest BCUT2D eigenvalue weighted by atomic mass is 10.2. The number of halogens is 1. The highest BCUT2D eigenvalue weighted by atomic mass is 32.2. The van der Waals surface area contributed by atoms with Crippen LogP contribution in [-0.4, -0.2) is 30.6 Å². The van der Waals surface area contributed by atoms with Crippen molar-refractivity contribution >= 4 is 9.81 Å². The molecule has 3 rings (SSSR count). The quantitative estimate of drug-likeness (QED) is 0.784. The molecule has 25 heavy (non-hydrogen) atoms. The number of hydrogen-bond donors (Lipinski definition) is 0. The summed E-state index contributed by atoms with van der Waals surface area (Å²) in [6.45, 7) is 2.85. The van der Waals surface area contributed by atoms with Crippen LogP contribution in [0.3, 0.4) is 0 Å². The van der Waals surface area contributed by atoms with E-state index >= 15 is 0 Å². The molecule has 0 aromatic heterocycles. The number of nitriles is 1. The van der Waals surface area contributed by atoms with Gasteiger partial charge in [0, 0.05) is 27.8 Å². The topological polar surface area (TPSA) is 61.0 Å². The Morgan fingerprint density at radius 3 is 2.40 bits per heavy atom. The van der Waals surface area contributed by atoms with Crippen molar-refractivity contribution in [2.24, 2.45) is 8.73 Å². The fourth-order valence-electron chi connectivity index (χ4n) is 2.67. The predicted molar refractivity (Wildman–Crippen MR) is 95.0 cm³/mol. The summed E-state index contributed by atoms with van der Waals surface area (Å²) >= 11 is 0. The van der Waals surface area contributed by atoms with Crippen LogP contribution in [0.15, 0.2) is 68.2 Å². The summed E-state index contributed by atoms with van der Waals surface area (Å²) in [4.78, 5) is 0.758. The average Bonchev–Trinajstić information content (AvgIpc) is 2.67. The second kappa shape index (κ2) is 8.21. The highest BCUT2D eigenvalue weighted by molar-refractivity contribution is 7.93. The summed E-state index contributed by atoms with van der Waals surface area (Å²) in [6.07, 6.45) is 1.95. The van der Waals surface area contributed by atoms with Crippen molar-refractivity contribution < 1.29 is 9.13 Å². The first-order valence-electron chi connectivity index (χ1n) is 8.00. The average molecular weight is 358 g/mol. The standard InChI is InChI=1S/C18H19FN4OS/c19-17-6-8-18(9-7-17)25(22-15-20,23-10-12-24-13-11-23)21-14-16-4-2-1-3-5-16/h1-9H,10-14H2. The molecule has 1 atom stereocenters. The van der Waals surface area contributed by atoms with Crippen LogP contribution in [0.4, 0.5) is 4.39 Å². The molecule has 0 spiro atoms. The molecule has 2 aromatic carbocycles. The Kier molecular flexibility index (Phi) is 5.76. The molecule has 7 heteroatoms. The largest absolute Gasteiger partial charge is 0.379 e. The van der Waals surface area contributed by atoms with Crippen LogP contribution >= 0.6 is 0 Å². The number of rotatable bonds is 4. The summed E-state index contributed by atoms with van der Waals surface area (Å²) in [7, 11) is -2.27. The number of morpholine rings is 1. The van der Waals surface area contributed by atoms with E-state index in [1.54, 1.807) is 12.1 Å². The molecule has 1 aliphatic rings. The van der Waals surface area contributed by atoms with Gasteiger partial charge >= 0.3 is 0 Å². The molecule has 2 aromatic rings. The molecule has 130 valence electrons. The van der Waals surface area contributed by atoms with Crippen LogP contribution in [0.1, 0.15) is 5.56 Å². The number of benzene rings is 2. The molecule has 0 radical (unpaired) electrons. The second-order valence-corrected chi connectivity index (χ2v) is 7.94. The molecule has 1 aliphatic heterocycles. The molecule has 0 bridgehead atoms. The van der Waals surface area contributed by atoms with Gasteiger partial charge in [0.1, 0.15) is 5.82 Å². The maximum absolute atomic E-state index is 13.4. The van der Waals surface area contributed by atoms with E-state index in [4.69, 9.17) is 9.10 Å². The first-order chi connectivity index (χ1) is 12.2. The minimum absolute atomic E-state index is 0.320. The van der Waals surface area contributed by atoms with Gasteiger partial charge in [0.2, 0.25) is 6.19 Å². The van der Waals surface area contributed by atoms with Gasteiger partial charge in [-0.3, -0.25) is 0 Å². The minimum atomic E-state index is -2.27. The third kappa shape index (κ3) is 4.04. The van der Waals surface area contributed by atoms with Crippen molar-refractivity contribution in [2.75, 3.05) is 26.3 Å². The maximum Gasteiger partial charge on any atom is 0.214 e. The first-order valence-corrected chi connectivity index (χ1v) is 9.50. The van der Waals surface area contributed by atoms with Crippen LogP contribution < -0.4 is 0 Å². The van der Waals surface area contributed by atoms with E-state index in [2.05, 4.69) is 8.67 Å². The molecule has 1 fully saturated rings. The summed E-state index contributed by atoms with van der Waals surface area (Å²) < 4.78 is 30.1. The second-order valence-electron chi connectivity index (χ2n) is 5.48. The number of nitrogens with zero attached hydrogens (tertiary/aromatic N) is 4. The molecule has 0 N–H and O–H groups in total. The third-order valence-corrected chi connectivity index (χ3v) is 6.71. The Labute approximate surface area is 147 Å². The smallest absolute Gasteiger partial charge is 0.214 e. The van der Waals surface area contributed by atoms with Gasteiger partial charge in [0.25, 0.3) is 0 Å². The number of ether oxygens (including phenoxy) is 1. The molecular formula is C18H19FN4OS. The van der Waals surface area contributed by atoms with Crippen LogP contribution in [-0.2, 0) is 21.1 Å². The Bertz CT molecular complexity index is 862. The minimum Gasteiger partial charge on any atom is -0.379 e. The lowest BCUT2D eigenvalue weighted by Gasteiger charge is -2.32. The van der Waals surface area contributed by atoms with Crippen molar-refractivity contribution in [1.82, 2.24) is 4.31 Å². The molecular weight excluding hydrogens is 339 g/mol. The zero-order valence-electron chi connectivity index (χ0n) is 13.7. The van der Waals surface area contributed by atoms with E-state index in [1.165, 1.54) is 12.1 Å². The summed E-state index contributed by atoms with van der Waals surface area (Å²) in [5.41, 5.74) is 1.04. The van der Waals surface area contributed by atoms with Gasteiger partial charge in [-0.1, -0.05) is 30.3 Å². The van der Waals surface area contributed by atoms with Gasteiger partial charge in [0.05, 0.1) is 19.8 Å². The molecule has 1 saturated heterocycles. The van der Waals surface area contributed by atoms with E-state index in [9.17, 15) is 9.65 Å². The van der Waals surface area contributed by atoms with E-state index in [-0.39, 0.29) is 5.82 Å². The SMILES string of the molecule is N#CN=S(=NCc1ccccc1)(c1ccc(F)cc1)N1CCOCC1. The van der Waals surface area contributed by atoms with Crippen LogP contribution in [0, 0.1) is 17.3 Å². The molecule has 0 saturated carbocycles. The van der Waals surface area contributed by atoms with Crippen molar-refractivity contribution in [3.05, 3.63) is 66.0 Å². The van der Waals surface area contributed by atoms with Crippen molar-refractivity contribution in [1.29, 1.82) is 5.26 Å². The summed E-state index contributed by atoms with van der Waals surface area (Å²) in [6, 6.07) is 16.0. The highest BCUT2D eigenvalue weighted by Crippen LogP contribution is 2.24. The monoisotopic (exact) mass is 358 g/mol. The number of hydrogen-bond acceptors (Lipinski definition) is 4. The Morgan fingerprint density at radius 2 is 1.76 bits per heavy atom. The summed E-state index contributed by atoms with van der Waals surface area (Å²) in [5, 5.41) is 9.36. The zero-order valence-corrected chi connectivity index (χ0v) is 14.5. The molecule has 1 unspecified atom stereocenters. The van der Waals surface area contributed by atoms with Gasteiger partial charge in [-0.2, -0.15) is 5.26 Å². The molecule has 0 amide bonds. The molecule has 0 aliphatic carbocycles. The zero-order chi connectivity index (χ0) is 17.5. The molecule has 5 nitrogen and oxygen atoms in total. The Balaban J connectivity index is 2.13. The van der Waals surface area contributed by atoms with E-state index < -0.39 is 9.81 Å². The predicted octanol–water partition coefficient (Wildman–Crippen LogP) is 3.63. The Hall–Kier alpha value is -2.27. The molecule has 1 heterocycles. The maximum atomic E-state index is 13.4. The summed E-state index contributed by atoms with van der Waals surface area (Å²) in [5.74, 6) is -0.320. The van der Waals surface area contributed by atoms with E-state index in [0.29, 0.717) is 32.8 Å². The highest BCUT2D eigenvalue weighted by Gasteiger charge is 2.23. The van der Waals surface area contributed by atoms with E-state index in [1.807, 2.05) is 36.5 Å². The van der Waals surface area contributed by atoms with Gasteiger partial charge in [-0.25, -0.2) is 13.1 Å². The lowest BCUT2D eigenvalue weighted by molar-refractivity contribution is 0.0757. The first kappa shape index (κ1) is 17.5. The van der Waals surface area contributed by atoms with Gasteiger partial charge in [0.15, 0.2) is 0 Å². The van der Waals surface area contributed by atoms with Crippen molar-refractivity contribution in [3.8, 4) is 6.19 Å². The van der Waals surface area contributed by atoms with Crippen LogP contribution in [0.5, 0.6) is 0 Å². The normalized spacial score (nSPS) is 17.3. The van der Waals surface area contributed by atoms with Gasteiger partial charge in [-0.15, -0.1) is 4.36 Å². The van der Waals surface area contributed by atoms with Gasteiger partial charge in [-0.05, 0) is 29.8 Å². The fraction of sp³-hybridized carbons (Fsp3) is 0.278. The van der Waals surface area contributed by atoms with Crippen molar-refractivity contribution in [3.63, 3.8) is 0 Å². The Morgan fingerprint density at radius 1 is 1.08 bits per heavy atom. The van der Waals surface area contributed by atoms with Crippen LogP contribution in [0.25, 0.3) is 0 Å². The van der Waals surface area contributed by atoms with Crippen molar-refractivity contribution in [2.45, 2.75) is 11.4 Å². The van der Waals surface area contributed by atoms with E-state index in [0.717, 1.165) is 10.5 Å². The van der Waals surface area contributed by atoms with Gasteiger partial charge < -0.3 is 4.74 Å².